The van der Waals surface area contributed by atoms with E-state index in [0.29, 0.717) is 53.9 Å². The van der Waals surface area contributed by atoms with Gasteiger partial charge in [-0.15, -0.1) is 0 Å². The van der Waals surface area contributed by atoms with Crippen LogP contribution in [0.2, 0.25) is 0 Å². The summed E-state index contributed by atoms with van der Waals surface area (Å²) in [4.78, 5) is 28.6. The summed E-state index contributed by atoms with van der Waals surface area (Å²) in [5.74, 6) is 0.103. The first kappa shape index (κ1) is 27.3. The number of rotatable bonds is 6. The number of aliphatic hydroxyl groups excluding tert-OH is 1. The van der Waals surface area contributed by atoms with Crippen molar-refractivity contribution in [3.63, 3.8) is 0 Å². The molecule has 2 heterocycles. The van der Waals surface area contributed by atoms with E-state index in [1.54, 1.807) is 36.4 Å². The smallest absolute Gasteiger partial charge is 0.300 e. The number of ether oxygens (including phenoxy) is 3. The Labute approximate surface area is 235 Å². The van der Waals surface area contributed by atoms with Crippen LogP contribution in [-0.4, -0.2) is 36.6 Å². The van der Waals surface area contributed by atoms with Gasteiger partial charge in [-0.1, -0.05) is 52.0 Å². The third kappa shape index (κ3) is 5.04. The molecule has 1 N–H and O–H groups in total. The third-order valence-corrected chi connectivity index (χ3v) is 7.25. The van der Waals surface area contributed by atoms with Crippen molar-refractivity contribution in [1.82, 2.24) is 0 Å². The van der Waals surface area contributed by atoms with Crippen molar-refractivity contribution in [1.29, 1.82) is 0 Å². The molecule has 7 heteroatoms. The number of fused-ring (bicyclic) bond motifs is 1. The highest BCUT2D eigenvalue weighted by molar-refractivity contribution is 6.51. The molecule has 5 rings (SSSR count). The predicted octanol–water partition coefficient (Wildman–Crippen LogP) is 6.48. The Morgan fingerprint density at radius 3 is 2.33 bits per heavy atom. The van der Waals surface area contributed by atoms with Crippen LogP contribution in [-0.2, 0) is 15.0 Å². The van der Waals surface area contributed by atoms with E-state index in [4.69, 9.17) is 14.2 Å². The summed E-state index contributed by atoms with van der Waals surface area (Å²) in [5, 5.41) is 11.6. The van der Waals surface area contributed by atoms with Crippen LogP contribution in [0.15, 0.2) is 66.2 Å². The number of aliphatic hydroxyl groups is 1. The number of hydrogen-bond acceptors (Lipinski definition) is 6. The summed E-state index contributed by atoms with van der Waals surface area (Å²) in [6.45, 7) is 11.7. The van der Waals surface area contributed by atoms with Crippen LogP contribution in [0.4, 0.5) is 5.69 Å². The minimum Gasteiger partial charge on any atom is -0.507 e. The molecule has 0 saturated carbocycles. The Kier molecular flexibility index (Phi) is 7.32. The maximum atomic E-state index is 13.6. The fraction of sp³-hybridized carbons (Fsp3) is 0.333. The van der Waals surface area contributed by atoms with Gasteiger partial charge in [0.05, 0.1) is 18.2 Å². The van der Waals surface area contributed by atoms with Gasteiger partial charge in [-0.2, -0.15) is 0 Å². The maximum absolute atomic E-state index is 13.6. The average molecular weight is 542 g/mol. The van der Waals surface area contributed by atoms with Crippen molar-refractivity contribution < 1.29 is 28.9 Å². The molecule has 0 radical (unpaired) electrons. The number of anilines is 1. The number of carbonyl (C=O) groups excluding carboxylic acids is 2. The number of aryl methyl sites for hydroxylation is 1. The molecule has 0 aliphatic carbocycles. The van der Waals surface area contributed by atoms with Gasteiger partial charge in [-0.25, -0.2) is 0 Å². The van der Waals surface area contributed by atoms with Crippen LogP contribution in [0.25, 0.3) is 5.76 Å². The molecule has 3 aromatic carbocycles. The van der Waals surface area contributed by atoms with E-state index in [-0.39, 0.29) is 16.7 Å². The topological polar surface area (TPSA) is 85.3 Å². The minimum absolute atomic E-state index is 0.0324. The first-order chi connectivity index (χ1) is 19.1. The van der Waals surface area contributed by atoms with Crippen LogP contribution in [0.3, 0.4) is 0 Å². The van der Waals surface area contributed by atoms with E-state index in [1.165, 1.54) is 4.90 Å². The standard InChI is InChI=1S/C33H35NO6/c1-6-15-38-25-13-9-22(18-20(25)2)30(35)28-29(21-7-10-23(11-8-21)33(3,4)5)34(32(37)31(28)36)24-12-14-26-27(19-24)40-17-16-39-26/h7-14,18-19,29,35H,6,15-17H2,1-5H3/b30-28+. The molecular weight excluding hydrogens is 506 g/mol. The third-order valence-electron chi connectivity index (χ3n) is 7.25. The molecule has 0 aromatic heterocycles. The molecule has 1 amide bonds. The zero-order valence-electron chi connectivity index (χ0n) is 23.6. The molecule has 2 aliphatic rings. The molecule has 1 saturated heterocycles. The molecular formula is C33H35NO6. The van der Waals surface area contributed by atoms with Gasteiger partial charge in [0.25, 0.3) is 11.7 Å². The molecule has 0 bridgehead atoms. The Morgan fingerprint density at radius 2 is 1.68 bits per heavy atom. The molecule has 7 nitrogen and oxygen atoms in total. The summed E-state index contributed by atoms with van der Waals surface area (Å²) in [6.07, 6.45) is 0.873. The number of amides is 1. The second kappa shape index (κ2) is 10.7. The highest BCUT2D eigenvalue weighted by Crippen LogP contribution is 2.45. The highest BCUT2D eigenvalue weighted by Gasteiger charge is 2.47. The lowest BCUT2D eigenvalue weighted by Crippen LogP contribution is -2.29. The number of benzene rings is 3. The lowest BCUT2D eigenvalue weighted by molar-refractivity contribution is -0.132. The number of nitrogens with zero attached hydrogens (tertiary/aromatic N) is 1. The molecule has 208 valence electrons. The molecule has 1 fully saturated rings. The van der Waals surface area contributed by atoms with E-state index in [0.717, 1.165) is 17.5 Å². The Morgan fingerprint density at radius 1 is 0.975 bits per heavy atom. The Balaban J connectivity index is 1.65. The maximum Gasteiger partial charge on any atom is 0.300 e. The highest BCUT2D eigenvalue weighted by atomic mass is 16.6. The van der Waals surface area contributed by atoms with Crippen LogP contribution in [0.5, 0.6) is 17.2 Å². The van der Waals surface area contributed by atoms with Crippen molar-refractivity contribution >= 4 is 23.1 Å². The van der Waals surface area contributed by atoms with E-state index < -0.39 is 17.7 Å². The number of ketones is 1. The zero-order chi connectivity index (χ0) is 28.6. The minimum atomic E-state index is -0.840. The fourth-order valence-corrected chi connectivity index (χ4v) is 5.09. The molecule has 0 spiro atoms. The second-order valence-electron chi connectivity index (χ2n) is 11.2. The van der Waals surface area contributed by atoms with Crippen molar-refractivity contribution in [3.05, 3.63) is 88.5 Å². The van der Waals surface area contributed by atoms with Gasteiger partial charge in [0, 0.05) is 17.3 Å². The van der Waals surface area contributed by atoms with Crippen LogP contribution in [0, 0.1) is 6.92 Å². The van der Waals surface area contributed by atoms with E-state index in [2.05, 4.69) is 20.8 Å². The largest absolute Gasteiger partial charge is 0.507 e. The van der Waals surface area contributed by atoms with Gasteiger partial charge in [0.2, 0.25) is 0 Å². The number of Topliss-reactive ketones (excluding diaryl/α,β-unsaturated/α-hetero) is 1. The lowest BCUT2D eigenvalue weighted by Gasteiger charge is -2.28. The summed E-state index contributed by atoms with van der Waals surface area (Å²) in [6, 6.07) is 17.5. The summed E-state index contributed by atoms with van der Waals surface area (Å²) in [7, 11) is 0. The van der Waals surface area contributed by atoms with Crippen molar-refractivity contribution in [2.24, 2.45) is 0 Å². The summed E-state index contributed by atoms with van der Waals surface area (Å²) < 4.78 is 17.2. The van der Waals surface area contributed by atoms with Crippen molar-refractivity contribution in [3.8, 4) is 17.2 Å². The van der Waals surface area contributed by atoms with E-state index in [1.807, 2.05) is 38.1 Å². The summed E-state index contributed by atoms with van der Waals surface area (Å²) >= 11 is 0. The van der Waals surface area contributed by atoms with Crippen molar-refractivity contribution in [2.75, 3.05) is 24.7 Å². The van der Waals surface area contributed by atoms with Crippen LogP contribution >= 0.6 is 0 Å². The van der Waals surface area contributed by atoms with Gasteiger partial charge in [-0.3, -0.25) is 14.5 Å². The van der Waals surface area contributed by atoms with Gasteiger partial charge in [0.15, 0.2) is 11.5 Å². The molecule has 2 aliphatic heterocycles. The van der Waals surface area contributed by atoms with Gasteiger partial charge in [0.1, 0.15) is 24.7 Å². The van der Waals surface area contributed by atoms with Crippen LogP contribution < -0.4 is 19.1 Å². The first-order valence-corrected chi connectivity index (χ1v) is 13.6. The molecule has 3 aromatic rings. The SMILES string of the molecule is CCCOc1ccc(/C(O)=C2\C(=O)C(=O)N(c3ccc4c(c3)OCCO4)C2c2ccc(C(C)(C)C)cc2)cc1C. The monoisotopic (exact) mass is 541 g/mol. The van der Waals surface area contributed by atoms with Crippen LogP contribution in [0.1, 0.15) is 62.4 Å². The lowest BCUT2D eigenvalue weighted by atomic mass is 9.85. The number of hydrogen-bond donors (Lipinski definition) is 1. The van der Waals surface area contributed by atoms with Gasteiger partial charge < -0.3 is 19.3 Å². The molecule has 1 atom stereocenters. The fourth-order valence-electron chi connectivity index (χ4n) is 5.09. The Bertz CT molecular complexity index is 1480. The van der Waals surface area contributed by atoms with Crippen molar-refractivity contribution in [2.45, 2.75) is 52.5 Å². The Hall–Kier alpha value is -4.26. The molecule has 40 heavy (non-hydrogen) atoms. The average Bonchev–Trinajstić information content (AvgIpc) is 3.21. The summed E-state index contributed by atoms with van der Waals surface area (Å²) in [5.41, 5.74) is 3.53. The molecule has 1 unspecified atom stereocenters. The van der Waals surface area contributed by atoms with Gasteiger partial charge >= 0.3 is 0 Å². The number of carbonyl (C=O) groups is 2. The first-order valence-electron chi connectivity index (χ1n) is 13.6. The zero-order valence-corrected chi connectivity index (χ0v) is 23.6. The quantitative estimate of drug-likeness (QED) is 0.218. The second-order valence-corrected chi connectivity index (χ2v) is 11.2. The predicted molar refractivity (Wildman–Crippen MR) is 154 cm³/mol. The normalized spacial score (nSPS) is 18.2. The van der Waals surface area contributed by atoms with E-state index in [9.17, 15) is 14.7 Å². The van der Waals surface area contributed by atoms with Gasteiger partial charge in [-0.05, 0) is 65.8 Å². The van der Waals surface area contributed by atoms with E-state index >= 15 is 0 Å².